The van der Waals surface area contributed by atoms with Gasteiger partial charge >= 0.3 is 0 Å². The molecule has 1 heterocycles. The van der Waals surface area contributed by atoms with Gasteiger partial charge in [-0.05, 0) is 54.9 Å². The molecule has 1 saturated heterocycles. The maximum atomic E-state index is 12.1. The monoisotopic (exact) mass is 278 g/mol. The molecule has 1 aromatic rings. The fraction of sp³-hybridized carbons (Fsp3) is 0.533. The van der Waals surface area contributed by atoms with E-state index < -0.39 is 0 Å². The minimum atomic E-state index is -0.138. The summed E-state index contributed by atoms with van der Waals surface area (Å²) in [5.41, 5.74) is 7.45. The molecule has 0 radical (unpaired) electrons. The van der Waals surface area contributed by atoms with Gasteiger partial charge in [-0.25, -0.2) is 0 Å². The second-order valence-electron chi connectivity index (χ2n) is 5.19. The van der Waals surface area contributed by atoms with E-state index in [2.05, 4.69) is 5.32 Å². The Morgan fingerprint density at radius 2 is 2.21 bits per heavy atom. The van der Waals surface area contributed by atoms with E-state index in [4.69, 9.17) is 5.73 Å². The number of carbonyl (C=O) groups excluding carboxylic acids is 1. The number of nitrogens with two attached hydrogens (primary N) is 1. The normalized spacial score (nSPS) is 17.9. The van der Waals surface area contributed by atoms with Gasteiger partial charge < -0.3 is 11.1 Å². The Balaban J connectivity index is 1.85. The summed E-state index contributed by atoms with van der Waals surface area (Å²) in [4.78, 5) is 12.1. The standard InChI is InChI=1S/C15H22N2OS/c1-11(13-3-2-4-14(16)9-13)15(18)17-10-12-5-7-19-8-6-12/h2-4,9,11-12H,5-8,10,16H2,1H3,(H,17,18). The molecule has 1 amide bonds. The van der Waals surface area contributed by atoms with Crippen LogP contribution in [0.3, 0.4) is 0 Å². The molecule has 19 heavy (non-hydrogen) atoms. The molecule has 0 aliphatic carbocycles. The molecule has 104 valence electrons. The summed E-state index contributed by atoms with van der Waals surface area (Å²) in [7, 11) is 0. The minimum absolute atomic E-state index is 0.101. The highest BCUT2D eigenvalue weighted by Crippen LogP contribution is 2.22. The lowest BCUT2D eigenvalue weighted by atomic mass is 9.98. The van der Waals surface area contributed by atoms with Crippen LogP contribution in [-0.4, -0.2) is 24.0 Å². The molecule has 1 aliphatic rings. The van der Waals surface area contributed by atoms with Gasteiger partial charge in [0.05, 0.1) is 5.92 Å². The summed E-state index contributed by atoms with van der Waals surface area (Å²) in [6.07, 6.45) is 2.44. The first-order valence-corrected chi connectivity index (χ1v) is 8.03. The number of nitrogens with one attached hydrogen (secondary N) is 1. The summed E-state index contributed by atoms with van der Waals surface area (Å²) < 4.78 is 0. The molecule has 0 bridgehead atoms. The van der Waals surface area contributed by atoms with Gasteiger partial charge in [0.15, 0.2) is 0 Å². The van der Waals surface area contributed by atoms with E-state index in [0.717, 1.165) is 12.1 Å². The molecule has 0 saturated carbocycles. The van der Waals surface area contributed by atoms with E-state index in [-0.39, 0.29) is 11.8 Å². The number of thioether (sulfide) groups is 1. The molecule has 1 fully saturated rings. The maximum Gasteiger partial charge on any atom is 0.227 e. The third-order valence-electron chi connectivity index (χ3n) is 3.71. The van der Waals surface area contributed by atoms with Crippen LogP contribution in [0.15, 0.2) is 24.3 Å². The topological polar surface area (TPSA) is 55.1 Å². The van der Waals surface area contributed by atoms with Crippen molar-refractivity contribution in [1.82, 2.24) is 5.32 Å². The van der Waals surface area contributed by atoms with Crippen molar-refractivity contribution in [3.63, 3.8) is 0 Å². The van der Waals surface area contributed by atoms with E-state index in [9.17, 15) is 4.79 Å². The molecule has 2 rings (SSSR count). The number of hydrogen-bond acceptors (Lipinski definition) is 3. The quantitative estimate of drug-likeness (QED) is 0.833. The zero-order chi connectivity index (χ0) is 13.7. The predicted octanol–water partition coefficient (Wildman–Crippen LogP) is 2.63. The Hall–Kier alpha value is -1.16. The summed E-state index contributed by atoms with van der Waals surface area (Å²) >= 11 is 2.01. The number of nitrogen functional groups attached to an aromatic ring is 1. The summed E-state index contributed by atoms with van der Waals surface area (Å²) in [6.45, 7) is 2.74. The highest BCUT2D eigenvalue weighted by Gasteiger charge is 2.18. The molecule has 0 spiro atoms. The molecule has 1 aromatic carbocycles. The van der Waals surface area contributed by atoms with Crippen molar-refractivity contribution < 1.29 is 4.79 Å². The van der Waals surface area contributed by atoms with Crippen molar-refractivity contribution in [2.24, 2.45) is 5.92 Å². The first kappa shape index (κ1) is 14.3. The van der Waals surface area contributed by atoms with Crippen molar-refractivity contribution in [3.8, 4) is 0 Å². The SMILES string of the molecule is CC(C(=O)NCC1CCSCC1)c1cccc(N)c1. The van der Waals surface area contributed by atoms with Crippen LogP contribution >= 0.6 is 11.8 Å². The predicted molar refractivity (Wildman–Crippen MR) is 82.3 cm³/mol. The van der Waals surface area contributed by atoms with E-state index in [1.165, 1.54) is 24.3 Å². The van der Waals surface area contributed by atoms with Crippen LogP contribution < -0.4 is 11.1 Å². The Morgan fingerprint density at radius 3 is 2.89 bits per heavy atom. The van der Waals surface area contributed by atoms with Crippen LogP contribution in [0.25, 0.3) is 0 Å². The fourth-order valence-corrected chi connectivity index (χ4v) is 3.53. The Bertz CT molecular complexity index is 430. The van der Waals surface area contributed by atoms with Gasteiger partial charge in [0.1, 0.15) is 0 Å². The molecule has 3 N–H and O–H groups in total. The summed E-state index contributed by atoms with van der Waals surface area (Å²) in [5, 5.41) is 3.08. The van der Waals surface area contributed by atoms with Crippen LogP contribution in [-0.2, 0) is 4.79 Å². The van der Waals surface area contributed by atoms with Crippen LogP contribution in [0.5, 0.6) is 0 Å². The van der Waals surface area contributed by atoms with Crippen molar-refractivity contribution in [2.75, 3.05) is 23.8 Å². The number of rotatable bonds is 4. The van der Waals surface area contributed by atoms with Gasteiger partial charge in [-0.1, -0.05) is 12.1 Å². The van der Waals surface area contributed by atoms with Crippen LogP contribution in [0, 0.1) is 5.92 Å². The first-order valence-electron chi connectivity index (χ1n) is 6.87. The van der Waals surface area contributed by atoms with Gasteiger partial charge in [0.2, 0.25) is 5.91 Å². The average molecular weight is 278 g/mol. The van der Waals surface area contributed by atoms with E-state index in [1.807, 2.05) is 43.0 Å². The van der Waals surface area contributed by atoms with E-state index >= 15 is 0 Å². The third kappa shape index (κ3) is 4.16. The zero-order valence-electron chi connectivity index (χ0n) is 11.4. The molecular weight excluding hydrogens is 256 g/mol. The number of amides is 1. The largest absolute Gasteiger partial charge is 0.399 e. The molecular formula is C15H22N2OS. The Kier molecular flexibility index (Phi) is 5.14. The minimum Gasteiger partial charge on any atom is -0.399 e. The smallest absolute Gasteiger partial charge is 0.227 e. The van der Waals surface area contributed by atoms with Gasteiger partial charge in [0.25, 0.3) is 0 Å². The van der Waals surface area contributed by atoms with E-state index in [0.29, 0.717) is 11.6 Å². The second kappa shape index (κ2) is 6.85. The van der Waals surface area contributed by atoms with Crippen molar-refractivity contribution in [2.45, 2.75) is 25.7 Å². The van der Waals surface area contributed by atoms with Crippen molar-refractivity contribution in [1.29, 1.82) is 0 Å². The number of benzene rings is 1. The Labute approximate surface area is 119 Å². The molecule has 0 aromatic heterocycles. The lowest BCUT2D eigenvalue weighted by Crippen LogP contribution is -2.33. The summed E-state index contributed by atoms with van der Waals surface area (Å²) in [5.74, 6) is 3.07. The van der Waals surface area contributed by atoms with Crippen LogP contribution in [0.2, 0.25) is 0 Å². The van der Waals surface area contributed by atoms with Gasteiger partial charge in [-0.2, -0.15) is 11.8 Å². The number of hydrogen-bond donors (Lipinski definition) is 2. The summed E-state index contributed by atoms with van der Waals surface area (Å²) in [6, 6.07) is 7.57. The molecule has 3 nitrogen and oxygen atoms in total. The fourth-order valence-electron chi connectivity index (χ4n) is 2.33. The molecule has 1 aliphatic heterocycles. The van der Waals surface area contributed by atoms with Gasteiger partial charge in [-0.15, -0.1) is 0 Å². The Morgan fingerprint density at radius 1 is 1.47 bits per heavy atom. The molecule has 1 unspecified atom stereocenters. The highest BCUT2D eigenvalue weighted by atomic mass is 32.2. The zero-order valence-corrected chi connectivity index (χ0v) is 12.2. The van der Waals surface area contributed by atoms with Crippen molar-refractivity contribution in [3.05, 3.63) is 29.8 Å². The van der Waals surface area contributed by atoms with Crippen LogP contribution in [0.1, 0.15) is 31.2 Å². The first-order chi connectivity index (χ1) is 9.16. The highest BCUT2D eigenvalue weighted by molar-refractivity contribution is 7.99. The van der Waals surface area contributed by atoms with E-state index in [1.54, 1.807) is 0 Å². The molecule has 1 atom stereocenters. The third-order valence-corrected chi connectivity index (χ3v) is 4.76. The molecule has 4 heteroatoms. The van der Waals surface area contributed by atoms with Crippen LogP contribution in [0.4, 0.5) is 5.69 Å². The number of carbonyl (C=O) groups is 1. The number of anilines is 1. The maximum absolute atomic E-state index is 12.1. The van der Waals surface area contributed by atoms with Gasteiger partial charge in [-0.3, -0.25) is 4.79 Å². The second-order valence-corrected chi connectivity index (χ2v) is 6.42. The van der Waals surface area contributed by atoms with Gasteiger partial charge in [0, 0.05) is 12.2 Å². The average Bonchev–Trinajstić information content (AvgIpc) is 2.45. The lowest BCUT2D eigenvalue weighted by Gasteiger charge is -2.22. The van der Waals surface area contributed by atoms with Crippen molar-refractivity contribution >= 4 is 23.4 Å². The lowest BCUT2D eigenvalue weighted by molar-refractivity contribution is -0.122.